The normalized spacial score (nSPS) is 15.6. The first-order valence-electron chi connectivity index (χ1n) is 6.98. The van der Waals surface area contributed by atoms with Crippen molar-refractivity contribution in [1.29, 1.82) is 0 Å². The fourth-order valence-electron chi connectivity index (χ4n) is 2.13. The molecule has 0 saturated carbocycles. The van der Waals surface area contributed by atoms with E-state index in [2.05, 4.69) is 5.32 Å². The maximum atomic E-state index is 12.1. The number of carboxylic acid groups (broad SMARTS) is 1. The Bertz CT molecular complexity index is 380. The van der Waals surface area contributed by atoms with Gasteiger partial charge in [-0.3, -0.25) is 9.59 Å². The highest BCUT2D eigenvalue weighted by atomic mass is 16.5. The van der Waals surface area contributed by atoms with Crippen molar-refractivity contribution in [2.24, 2.45) is 0 Å². The van der Waals surface area contributed by atoms with Gasteiger partial charge in [0.1, 0.15) is 6.54 Å². The Morgan fingerprint density at radius 3 is 2.48 bits per heavy atom. The molecule has 1 aliphatic heterocycles. The fraction of sp³-hybridized carbons (Fsp3) is 0.769. The van der Waals surface area contributed by atoms with Gasteiger partial charge in [-0.25, -0.2) is 4.79 Å². The third-order valence-electron chi connectivity index (χ3n) is 3.37. The molecule has 0 radical (unpaired) electrons. The maximum Gasteiger partial charge on any atom is 0.320 e. The highest BCUT2D eigenvalue weighted by Crippen LogP contribution is 2.15. The lowest BCUT2D eigenvalue weighted by atomic mass is 10.1. The second-order valence-electron chi connectivity index (χ2n) is 5.01. The number of hydrogen-bond acceptors (Lipinski definition) is 4. The monoisotopic (exact) mass is 301 g/mol. The summed E-state index contributed by atoms with van der Waals surface area (Å²) in [5.41, 5.74) is 0. The number of carboxylic acids is 1. The number of piperidine rings is 1. The van der Waals surface area contributed by atoms with Gasteiger partial charge in [-0.05, 0) is 12.8 Å². The van der Waals surface area contributed by atoms with Gasteiger partial charge in [-0.15, -0.1) is 0 Å². The number of hydrogen-bond donors (Lipinski definition) is 2. The van der Waals surface area contributed by atoms with E-state index in [1.807, 2.05) is 0 Å². The van der Waals surface area contributed by atoms with Crippen molar-refractivity contribution in [2.75, 3.05) is 40.3 Å². The summed E-state index contributed by atoms with van der Waals surface area (Å²) in [6, 6.07) is -0.178. The standard InChI is InChI=1S/C13H23N3O5/c1-14-11(17)9-15(2)13(20)16-6-3-10(4-7-16)21-8-5-12(18)19/h10H,3-9H2,1-2H3,(H,14,17)(H,18,19). The van der Waals surface area contributed by atoms with Crippen LogP contribution in [0.4, 0.5) is 4.79 Å². The van der Waals surface area contributed by atoms with Gasteiger partial charge in [0, 0.05) is 27.2 Å². The molecule has 0 aromatic heterocycles. The fourth-order valence-corrected chi connectivity index (χ4v) is 2.13. The van der Waals surface area contributed by atoms with Crippen molar-refractivity contribution in [1.82, 2.24) is 15.1 Å². The van der Waals surface area contributed by atoms with Crippen molar-refractivity contribution >= 4 is 17.9 Å². The first kappa shape index (κ1) is 17.2. The quantitative estimate of drug-likeness (QED) is 0.704. The summed E-state index contributed by atoms with van der Waals surface area (Å²) in [4.78, 5) is 36.8. The molecule has 0 aliphatic carbocycles. The van der Waals surface area contributed by atoms with Gasteiger partial charge in [-0.2, -0.15) is 0 Å². The summed E-state index contributed by atoms with van der Waals surface area (Å²) in [7, 11) is 3.12. The molecule has 3 amide bonds. The molecule has 1 heterocycles. The predicted octanol–water partition coefficient (Wildman–Crippen LogP) is -0.260. The van der Waals surface area contributed by atoms with Gasteiger partial charge in [0.25, 0.3) is 0 Å². The van der Waals surface area contributed by atoms with Crippen LogP contribution in [0.1, 0.15) is 19.3 Å². The summed E-state index contributed by atoms with van der Waals surface area (Å²) in [6.07, 6.45) is 1.35. The number of carbonyl (C=O) groups excluding carboxylic acids is 2. The zero-order valence-electron chi connectivity index (χ0n) is 12.5. The highest BCUT2D eigenvalue weighted by molar-refractivity contribution is 5.83. The predicted molar refractivity (Wildman–Crippen MR) is 74.9 cm³/mol. The van der Waals surface area contributed by atoms with Crippen molar-refractivity contribution < 1.29 is 24.2 Å². The van der Waals surface area contributed by atoms with Crippen LogP contribution in [0.5, 0.6) is 0 Å². The van der Waals surface area contributed by atoms with Crippen LogP contribution in [0.3, 0.4) is 0 Å². The minimum absolute atomic E-state index is 0.00218. The number of urea groups is 1. The molecule has 0 bridgehead atoms. The summed E-state index contributed by atoms with van der Waals surface area (Å²) >= 11 is 0. The molecular formula is C13H23N3O5. The molecule has 21 heavy (non-hydrogen) atoms. The number of aliphatic carboxylic acids is 1. The molecule has 1 rings (SSSR count). The van der Waals surface area contributed by atoms with Crippen LogP contribution in [-0.4, -0.2) is 79.3 Å². The summed E-state index contributed by atoms with van der Waals surface area (Å²) in [5, 5.41) is 11.0. The van der Waals surface area contributed by atoms with Crippen LogP contribution < -0.4 is 5.32 Å². The average molecular weight is 301 g/mol. The molecule has 1 fully saturated rings. The Morgan fingerprint density at radius 1 is 1.33 bits per heavy atom. The lowest BCUT2D eigenvalue weighted by molar-refractivity contribution is -0.138. The van der Waals surface area contributed by atoms with Crippen molar-refractivity contribution in [3.63, 3.8) is 0 Å². The van der Waals surface area contributed by atoms with Crippen LogP contribution in [0.2, 0.25) is 0 Å². The van der Waals surface area contributed by atoms with E-state index in [0.717, 1.165) is 0 Å². The SMILES string of the molecule is CNC(=O)CN(C)C(=O)N1CCC(OCCC(=O)O)CC1. The number of carbonyl (C=O) groups is 3. The second kappa shape index (κ2) is 8.46. The van der Waals surface area contributed by atoms with E-state index in [1.54, 1.807) is 11.9 Å². The van der Waals surface area contributed by atoms with E-state index in [1.165, 1.54) is 11.9 Å². The molecule has 0 spiro atoms. The average Bonchev–Trinajstić information content (AvgIpc) is 2.46. The number of amides is 3. The Hall–Kier alpha value is -1.83. The van der Waals surface area contributed by atoms with Gasteiger partial charge < -0.3 is 25.0 Å². The van der Waals surface area contributed by atoms with Gasteiger partial charge in [0.2, 0.25) is 5.91 Å². The zero-order valence-corrected chi connectivity index (χ0v) is 12.5. The van der Waals surface area contributed by atoms with Gasteiger partial charge in [0.15, 0.2) is 0 Å². The number of nitrogens with zero attached hydrogens (tertiary/aromatic N) is 2. The molecule has 0 aromatic carbocycles. The highest BCUT2D eigenvalue weighted by Gasteiger charge is 2.25. The van der Waals surface area contributed by atoms with E-state index in [9.17, 15) is 14.4 Å². The Morgan fingerprint density at radius 2 is 1.95 bits per heavy atom. The number of ether oxygens (including phenoxy) is 1. The molecule has 8 nitrogen and oxygen atoms in total. The molecule has 0 atom stereocenters. The number of likely N-dealkylation sites (tertiary alicyclic amines) is 1. The van der Waals surface area contributed by atoms with Gasteiger partial charge >= 0.3 is 12.0 Å². The summed E-state index contributed by atoms with van der Waals surface area (Å²) in [6.45, 7) is 1.33. The lowest BCUT2D eigenvalue weighted by Crippen LogP contribution is -2.48. The molecule has 8 heteroatoms. The Balaban J connectivity index is 2.30. The van der Waals surface area contributed by atoms with E-state index in [0.29, 0.717) is 25.9 Å². The minimum atomic E-state index is -0.876. The van der Waals surface area contributed by atoms with Crippen LogP contribution in [0, 0.1) is 0 Å². The molecule has 120 valence electrons. The number of rotatable bonds is 6. The lowest BCUT2D eigenvalue weighted by Gasteiger charge is -2.34. The summed E-state index contributed by atoms with van der Waals surface area (Å²) < 4.78 is 5.47. The third kappa shape index (κ3) is 5.99. The van der Waals surface area contributed by atoms with Crippen LogP contribution in [0.15, 0.2) is 0 Å². The summed E-state index contributed by atoms with van der Waals surface area (Å²) in [5.74, 6) is -1.09. The molecule has 2 N–H and O–H groups in total. The zero-order chi connectivity index (χ0) is 15.8. The topological polar surface area (TPSA) is 99.2 Å². The van der Waals surface area contributed by atoms with Crippen LogP contribution in [-0.2, 0) is 14.3 Å². The van der Waals surface area contributed by atoms with Crippen molar-refractivity contribution in [3.8, 4) is 0 Å². The molecular weight excluding hydrogens is 278 g/mol. The first-order chi connectivity index (χ1) is 9.93. The molecule has 1 aliphatic rings. The first-order valence-corrected chi connectivity index (χ1v) is 6.98. The van der Waals surface area contributed by atoms with Crippen LogP contribution in [0.25, 0.3) is 0 Å². The van der Waals surface area contributed by atoms with Gasteiger partial charge in [-0.1, -0.05) is 0 Å². The second-order valence-corrected chi connectivity index (χ2v) is 5.01. The van der Waals surface area contributed by atoms with E-state index < -0.39 is 5.97 Å². The molecule has 0 aromatic rings. The number of nitrogens with one attached hydrogen (secondary N) is 1. The molecule has 1 saturated heterocycles. The largest absolute Gasteiger partial charge is 0.481 e. The van der Waals surface area contributed by atoms with E-state index in [4.69, 9.17) is 9.84 Å². The van der Waals surface area contributed by atoms with E-state index in [-0.39, 0.29) is 37.6 Å². The van der Waals surface area contributed by atoms with Crippen LogP contribution >= 0.6 is 0 Å². The Kier molecular flexibility index (Phi) is 6.93. The number of likely N-dealkylation sites (N-methyl/N-ethyl adjacent to an activating group) is 2. The molecule has 0 unspecified atom stereocenters. The van der Waals surface area contributed by atoms with Crippen molar-refractivity contribution in [3.05, 3.63) is 0 Å². The van der Waals surface area contributed by atoms with Crippen molar-refractivity contribution in [2.45, 2.75) is 25.4 Å². The maximum absolute atomic E-state index is 12.1. The van der Waals surface area contributed by atoms with E-state index >= 15 is 0 Å². The van der Waals surface area contributed by atoms with Gasteiger partial charge in [0.05, 0.1) is 19.1 Å². The Labute approximate surface area is 124 Å². The minimum Gasteiger partial charge on any atom is -0.481 e. The smallest absolute Gasteiger partial charge is 0.320 e. The third-order valence-corrected chi connectivity index (χ3v) is 3.37.